The summed E-state index contributed by atoms with van der Waals surface area (Å²) in [6, 6.07) is 8.47. The predicted octanol–water partition coefficient (Wildman–Crippen LogP) is 2.17. The van der Waals surface area contributed by atoms with Crippen molar-refractivity contribution in [3.63, 3.8) is 0 Å². The number of hydrogen-bond acceptors (Lipinski definition) is 5. The highest BCUT2D eigenvalue weighted by Gasteiger charge is 2.12. The van der Waals surface area contributed by atoms with E-state index >= 15 is 0 Å². The molecular formula is C19H23N3O4. The largest absolute Gasteiger partial charge is 0.493 e. The minimum Gasteiger partial charge on any atom is -0.493 e. The number of pyridine rings is 1. The Morgan fingerprint density at radius 1 is 1.00 bits per heavy atom. The molecule has 7 heteroatoms. The molecule has 7 nitrogen and oxygen atoms in total. The van der Waals surface area contributed by atoms with Crippen molar-refractivity contribution in [2.24, 2.45) is 0 Å². The number of benzene rings is 1. The number of amides is 2. The van der Waals surface area contributed by atoms with Crippen LogP contribution in [-0.2, 0) is 6.54 Å². The molecule has 1 aromatic heterocycles. The Morgan fingerprint density at radius 3 is 2.46 bits per heavy atom. The number of rotatable bonds is 8. The third-order valence-corrected chi connectivity index (χ3v) is 3.69. The Kier molecular flexibility index (Phi) is 6.96. The van der Waals surface area contributed by atoms with Gasteiger partial charge in [-0.2, -0.15) is 0 Å². The van der Waals surface area contributed by atoms with E-state index < -0.39 is 0 Å². The second-order valence-electron chi connectivity index (χ2n) is 5.56. The number of carbonyl (C=O) groups excluding carboxylic acids is 2. The molecule has 0 aliphatic rings. The van der Waals surface area contributed by atoms with E-state index in [-0.39, 0.29) is 17.5 Å². The van der Waals surface area contributed by atoms with Crippen LogP contribution in [0.4, 0.5) is 0 Å². The van der Waals surface area contributed by atoms with Gasteiger partial charge < -0.3 is 20.1 Å². The molecule has 0 spiro atoms. The molecule has 0 unspecified atom stereocenters. The van der Waals surface area contributed by atoms with Gasteiger partial charge in [-0.3, -0.25) is 14.6 Å². The van der Waals surface area contributed by atoms with Crippen LogP contribution in [0.15, 0.2) is 36.5 Å². The van der Waals surface area contributed by atoms with E-state index in [0.717, 1.165) is 12.0 Å². The van der Waals surface area contributed by atoms with Gasteiger partial charge in [0, 0.05) is 24.8 Å². The lowest BCUT2D eigenvalue weighted by molar-refractivity contribution is 0.0946. The van der Waals surface area contributed by atoms with Crippen LogP contribution in [0.2, 0.25) is 0 Å². The molecule has 2 aromatic rings. The molecule has 0 aliphatic carbocycles. The van der Waals surface area contributed by atoms with Crippen molar-refractivity contribution in [1.29, 1.82) is 0 Å². The first-order valence-electron chi connectivity index (χ1n) is 8.32. The van der Waals surface area contributed by atoms with E-state index in [4.69, 9.17) is 9.47 Å². The molecule has 0 atom stereocenters. The lowest BCUT2D eigenvalue weighted by atomic mass is 10.2. The summed E-state index contributed by atoms with van der Waals surface area (Å²) in [7, 11) is 3.12. The minimum atomic E-state index is -0.357. The summed E-state index contributed by atoms with van der Waals surface area (Å²) in [5, 5.41) is 5.56. The highest BCUT2D eigenvalue weighted by Crippen LogP contribution is 2.27. The number of methoxy groups -OCH3 is 2. The summed E-state index contributed by atoms with van der Waals surface area (Å²) in [6.07, 6.45) is 2.29. The SMILES string of the molecule is CCCNC(=O)c1ccnc(C(=O)NCc2ccc(OC)c(OC)c2)c1. The molecule has 2 amide bonds. The zero-order valence-electron chi connectivity index (χ0n) is 15.2. The normalized spacial score (nSPS) is 10.1. The lowest BCUT2D eigenvalue weighted by Crippen LogP contribution is -2.26. The van der Waals surface area contributed by atoms with Crippen molar-refractivity contribution in [1.82, 2.24) is 15.6 Å². The number of hydrogen-bond donors (Lipinski definition) is 2. The Balaban J connectivity index is 2.03. The predicted molar refractivity (Wildman–Crippen MR) is 97.6 cm³/mol. The van der Waals surface area contributed by atoms with Crippen molar-refractivity contribution in [2.75, 3.05) is 20.8 Å². The number of ether oxygens (including phenoxy) is 2. The Morgan fingerprint density at radius 2 is 1.77 bits per heavy atom. The van der Waals surface area contributed by atoms with Gasteiger partial charge >= 0.3 is 0 Å². The zero-order valence-corrected chi connectivity index (χ0v) is 15.2. The van der Waals surface area contributed by atoms with Crippen molar-refractivity contribution < 1.29 is 19.1 Å². The van der Waals surface area contributed by atoms with Crippen LogP contribution in [-0.4, -0.2) is 37.6 Å². The molecule has 26 heavy (non-hydrogen) atoms. The summed E-state index contributed by atoms with van der Waals surface area (Å²) in [5.41, 5.74) is 1.45. The van der Waals surface area contributed by atoms with Crippen LogP contribution in [0, 0.1) is 0 Å². The van der Waals surface area contributed by atoms with Crippen LogP contribution < -0.4 is 20.1 Å². The quantitative estimate of drug-likeness (QED) is 0.756. The average molecular weight is 357 g/mol. The number of carbonyl (C=O) groups is 2. The van der Waals surface area contributed by atoms with Crippen molar-refractivity contribution >= 4 is 11.8 Å². The fraction of sp³-hybridized carbons (Fsp3) is 0.316. The van der Waals surface area contributed by atoms with Crippen LogP contribution in [0.3, 0.4) is 0 Å². The molecule has 0 bridgehead atoms. The topological polar surface area (TPSA) is 89.6 Å². The first-order chi connectivity index (χ1) is 12.6. The smallest absolute Gasteiger partial charge is 0.270 e. The van der Waals surface area contributed by atoms with Crippen LogP contribution in [0.5, 0.6) is 11.5 Å². The summed E-state index contributed by atoms with van der Waals surface area (Å²) >= 11 is 0. The Bertz CT molecular complexity index is 777. The van der Waals surface area contributed by atoms with Gasteiger partial charge in [0.2, 0.25) is 0 Å². The molecule has 1 heterocycles. The van der Waals surface area contributed by atoms with Gasteiger partial charge in [-0.1, -0.05) is 13.0 Å². The highest BCUT2D eigenvalue weighted by atomic mass is 16.5. The maximum atomic E-state index is 12.3. The first-order valence-corrected chi connectivity index (χ1v) is 8.32. The summed E-state index contributed by atoms with van der Waals surface area (Å²) in [5.74, 6) is 0.634. The summed E-state index contributed by atoms with van der Waals surface area (Å²) in [6.45, 7) is 2.86. The van der Waals surface area contributed by atoms with Gasteiger partial charge in [0.25, 0.3) is 11.8 Å². The molecular weight excluding hydrogens is 334 g/mol. The van der Waals surface area contributed by atoms with E-state index in [1.54, 1.807) is 32.4 Å². The van der Waals surface area contributed by atoms with E-state index in [0.29, 0.717) is 30.2 Å². The van der Waals surface area contributed by atoms with Gasteiger partial charge in [0.1, 0.15) is 5.69 Å². The minimum absolute atomic E-state index is 0.189. The number of nitrogens with one attached hydrogen (secondary N) is 2. The standard InChI is InChI=1S/C19H23N3O4/c1-4-8-21-18(23)14-7-9-20-15(11-14)19(24)22-12-13-5-6-16(25-2)17(10-13)26-3/h5-7,9-11H,4,8,12H2,1-3H3,(H,21,23)(H,22,24). The number of aromatic nitrogens is 1. The zero-order chi connectivity index (χ0) is 18.9. The van der Waals surface area contributed by atoms with E-state index in [9.17, 15) is 9.59 Å². The van der Waals surface area contributed by atoms with Gasteiger partial charge in [0.15, 0.2) is 11.5 Å². The fourth-order valence-corrected chi connectivity index (χ4v) is 2.30. The van der Waals surface area contributed by atoms with Crippen LogP contribution in [0.25, 0.3) is 0 Å². The second-order valence-corrected chi connectivity index (χ2v) is 5.56. The van der Waals surface area contributed by atoms with Gasteiger partial charge in [0.05, 0.1) is 14.2 Å². The molecule has 0 saturated heterocycles. The Labute approximate surface area is 152 Å². The summed E-state index contributed by atoms with van der Waals surface area (Å²) in [4.78, 5) is 28.4. The molecule has 0 radical (unpaired) electrons. The third-order valence-electron chi connectivity index (χ3n) is 3.69. The van der Waals surface area contributed by atoms with E-state index in [1.807, 2.05) is 13.0 Å². The van der Waals surface area contributed by atoms with E-state index in [2.05, 4.69) is 15.6 Å². The maximum Gasteiger partial charge on any atom is 0.270 e. The molecule has 0 fully saturated rings. The lowest BCUT2D eigenvalue weighted by Gasteiger charge is -2.10. The van der Waals surface area contributed by atoms with Crippen LogP contribution >= 0.6 is 0 Å². The molecule has 2 rings (SSSR count). The summed E-state index contributed by atoms with van der Waals surface area (Å²) < 4.78 is 10.4. The van der Waals surface area contributed by atoms with Crippen molar-refractivity contribution in [3.8, 4) is 11.5 Å². The maximum absolute atomic E-state index is 12.3. The number of nitrogens with zero attached hydrogens (tertiary/aromatic N) is 1. The first kappa shape index (κ1) is 19.2. The monoisotopic (exact) mass is 357 g/mol. The van der Waals surface area contributed by atoms with Crippen LogP contribution in [0.1, 0.15) is 39.8 Å². The highest BCUT2D eigenvalue weighted by molar-refractivity contribution is 5.98. The molecule has 0 saturated carbocycles. The van der Waals surface area contributed by atoms with Crippen molar-refractivity contribution in [2.45, 2.75) is 19.9 Å². The fourth-order valence-electron chi connectivity index (χ4n) is 2.30. The molecule has 2 N–H and O–H groups in total. The third kappa shape index (κ3) is 4.95. The van der Waals surface area contributed by atoms with Gasteiger partial charge in [-0.25, -0.2) is 0 Å². The molecule has 138 valence electrons. The van der Waals surface area contributed by atoms with Crippen molar-refractivity contribution in [3.05, 3.63) is 53.3 Å². The molecule has 0 aliphatic heterocycles. The Hall–Kier alpha value is -3.09. The van der Waals surface area contributed by atoms with E-state index in [1.165, 1.54) is 12.3 Å². The molecule has 1 aromatic carbocycles. The second kappa shape index (κ2) is 9.41. The van der Waals surface area contributed by atoms with Gasteiger partial charge in [-0.05, 0) is 36.2 Å². The van der Waals surface area contributed by atoms with Gasteiger partial charge in [-0.15, -0.1) is 0 Å². The average Bonchev–Trinajstić information content (AvgIpc) is 2.69.